The van der Waals surface area contributed by atoms with Crippen molar-refractivity contribution in [2.24, 2.45) is 9.98 Å². The van der Waals surface area contributed by atoms with Gasteiger partial charge in [-0.2, -0.15) is 10.5 Å². The van der Waals surface area contributed by atoms with Gasteiger partial charge in [0.15, 0.2) is 0 Å². The van der Waals surface area contributed by atoms with Gasteiger partial charge in [0.05, 0.1) is 44.3 Å². The fraction of sp³-hybridized carbons (Fsp3) is 0.333. The van der Waals surface area contributed by atoms with Gasteiger partial charge >= 0.3 is 17.1 Å². The Bertz CT molecular complexity index is 890. The second-order valence-corrected chi connectivity index (χ2v) is 8.32. The second kappa shape index (κ2) is 17.9. The van der Waals surface area contributed by atoms with Crippen LogP contribution in [0.25, 0.3) is 0 Å². The first-order chi connectivity index (χ1) is 15.4. The minimum atomic E-state index is 0. The molecule has 0 heterocycles. The number of hydrogen-bond donors (Lipinski definition) is 0. The third-order valence-electron chi connectivity index (χ3n) is 4.48. The zero-order valence-corrected chi connectivity index (χ0v) is 22.2. The summed E-state index contributed by atoms with van der Waals surface area (Å²) in [5.74, 6) is 0. The van der Waals surface area contributed by atoms with E-state index >= 15 is 0 Å². The van der Waals surface area contributed by atoms with Crippen LogP contribution in [0.15, 0.2) is 46.4 Å². The summed E-state index contributed by atoms with van der Waals surface area (Å²) in [6.45, 7) is 2.86. The van der Waals surface area contributed by atoms with Crippen molar-refractivity contribution in [2.75, 3.05) is 0 Å². The molecule has 1 fully saturated rings. The van der Waals surface area contributed by atoms with Crippen molar-refractivity contribution in [3.8, 4) is 12.1 Å². The Hall–Kier alpha value is -1.56. The maximum atomic E-state index is 7.32. The van der Waals surface area contributed by atoms with Crippen molar-refractivity contribution in [3.05, 3.63) is 67.6 Å². The van der Waals surface area contributed by atoms with Crippen LogP contribution in [-0.4, -0.2) is 24.5 Å². The Morgan fingerprint density at radius 2 is 1.00 bits per heavy atom. The summed E-state index contributed by atoms with van der Waals surface area (Å²) in [6, 6.07) is 14.6. The van der Waals surface area contributed by atoms with E-state index in [1.54, 1.807) is 24.6 Å². The van der Waals surface area contributed by atoms with E-state index in [1.807, 2.05) is 36.4 Å². The Labute approximate surface area is 226 Å². The zero-order valence-electron chi connectivity index (χ0n) is 18.2. The van der Waals surface area contributed by atoms with Gasteiger partial charge in [-0.1, -0.05) is 71.4 Å². The predicted molar refractivity (Wildman–Crippen MR) is 137 cm³/mol. The normalized spacial score (nSPS) is 17.0. The molecule has 0 aliphatic heterocycles. The van der Waals surface area contributed by atoms with Gasteiger partial charge in [-0.25, -0.2) is 0 Å². The topological polar surface area (TPSA) is 72.3 Å². The van der Waals surface area contributed by atoms with Crippen molar-refractivity contribution in [2.45, 2.75) is 51.6 Å². The molecule has 178 valence electrons. The van der Waals surface area contributed by atoms with E-state index in [0.29, 0.717) is 20.1 Å². The van der Waals surface area contributed by atoms with Crippen molar-refractivity contribution in [1.29, 1.82) is 10.5 Å². The van der Waals surface area contributed by atoms with Gasteiger partial charge in [-0.05, 0) is 37.1 Å². The molecule has 2 atom stereocenters. The number of rotatable bonds is 4. The molecule has 9 heteroatoms. The van der Waals surface area contributed by atoms with Gasteiger partial charge in [-0.3, -0.25) is 9.98 Å². The molecule has 0 saturated heterocycles. The van der Waals surface area contributed by atoms with Gasteiger partial charge in [0.2, 0.25) is 0 Å². The Kier molecular flexibility index (Phi) is 17.0. The molecule has 4 nitrogen and oxygen atoms in total. The van der Waals surface area contributed by atoms with E-state index in [9.17, 15) is 0 Å². The van der Waals surface area contributed by atoms with E-state index in [-0.39, 0.29) is 29.2 Å². The molecule has 0 bridgehead atoms. The molecule has 1 saturated carbocycles. The molecule has 0 radical (unpaired) electrons. The van der Waals surface area contributed by atoms with Crippen LogP contribution in [0.5, 0.6) is 0 Å². The van der Waals surface area contributed by atoms with E-state index in [0.717, 1.165) is 36.8 Å². The summed E-state index contributed by atoms with van der Waals surface area (Å²) in [5, 5.41) is 17.0. The number of hydrogen-bond acceptors (Lipinski definition) is 4. The maximum Gasteiger partial charge on any atom is 1.00 e. The fourth-order valence-electron chi connectivity index (χ4n) is 3.05. The van der Waals surface area contributed by atoms with Crippen molar-refractivity contribution < 1.29 is 17.1 Å². The molecule has 0 spiro atoms. The smallest absolute Gasteiger partial charge is 0.287 e. The number of nitrogens with zero attached hydrogens (tertiary/aromatic N) is 4. The minimum absolute atomic E-state index is 0. The number of halogens is 4. The molecule has 3 rings (SSSR count). The van der Waals surface area contributed by atoms with E-state index in [4.69, 9.17) is 66.9 Å². The van der Waals surface area contributed by atoms with Crippen LogP contribution in [0.4, 0.5) is 0 Å². The fourth-order valence-corrected chi connectivity index (χ4v) is 4.04. The van der Waals surface area contributed by atoms with Crippen LogP contribution in [0, 0.1) is 22.7 Å². The summed E-state index contributed by atoms with van der Waals surface area (Å²) >= 11 is 24.9. The van der Waals surface area contributed by atoms with Gasteiger partial charge < -0.3 is 0 Å². The molecule has 1 aliphatic rings. The standard InChI is InChI=1S/C20H18Cl4N2.2C2H3N.Cu/c21-15-5-3-6-16(22)13(15)11-25-19-9-1-2-10-20(19)26-12-14-17(23)7-4-8-18(14)24;2*1-2-3;/h3-8,11-12,19-20H,1-2,9-10H2;2*1H3;/q;;;+1. The van der Waals surface area contributed by atoms with E-state index < -0.39 is 0 Å². The first-order valence-corrected chi connectivity index (χ1v) is 11.5. The van der Waals surface area contributed by atoms with E-state index in [2.05, 4.69) is 0 Å². The van der Waals surface area contributed by atoms with Crippen molar-refractivity contribution >= 4 is 58.8 Å². The largest absolute Gasteiger partial charge is 1.00 e. The van der Waals surface area contributed by atoms with Gasteiger partial charge in [0.25, 0.3) is 0 Å². The molecule has 2 aromatic carbocycles. The van der Waals surface area contributed by atoms with E-state index in [1.165, 1.54) is 13.8 Å². The monoisotopic (exact) mass is 571 g/mol. The van der Waals surface area contributed by atoms with Crippen molar-refractivity contribution in [3.63, 3.8) is 0 Å². The average molecular weight is 574 g/mol. The SMILES string of the molecule is CC#N.CC#N.Clc1cccc(Cl)c1C=NC1CCCCC1N=Cc1c(Cl)cccc1Cl.[Cu+]. The maximum absolute atomic E-state index is 7.32. The number of nitriles is 2. The summed E-state index contributed by atoms with van der Waals surface area (Å²) in [4.78, 5) is 9.48. The molecular formula is C24H24Cl4CuN4+. The molecule has 1 aliphatic carbocycles. The van der Waals surface area contributed by atoms with Crippen LogP contribution in [-0.2, 0) is 17.1 Å². The second-order valence-electron chi connectivity index (χ2n) is 6.69. The summed E-state index contributed by atoms with van der Waals surface area (Å²) in [6.07, 6.45) is 7.78. The summed E-state index contributed by atoms with van der Waals surface area (Å²) < 4.78 is 0. The van der Waals surface area contributed by atoms with Crippen LogP contribution in [0.2, 0.25) is 20.1 Å². The predicted octanol–water partition coefficient (Wildman–Crippen LogP) is 8.21. The Balaban J connectivity index is 0.00000132. The van der Waals surface area contributed by atoms with Crippen molar-refractivity contribution in [1.82, 2.24) is 0 Å². The Morgan fingerprint density at radius 1 is 0.727 bits per heavy atom. The molecule has 0 amide bonds. The van der Waals surface area contributed by atoms with Gasteiger partial charge in [0, 0.05) is 37.4 Å². The minimum Gasteiger partial charge on any atom is -0.287 e. The molecule has 0 N–H and O–H groups in total. The molecule has 2 unspecified atom stereocenters. The zero-order chi connectivity index (χ0) is 23.9. The van der Waals surface area contributed by atoms with Crippen LogP contribution >= 0.6 is 46.4 Å². The quantitative estimate of drug-likeness (QED) is 0.273. The molecule has 33 heavy (non-hydrogen) atoms. The van der Waals surface area contributed by atoms with Gasteiger partial charge in [-0.15, -0.1) is 0 Å². The third kappa shape index (κ3) is 10.9. The first-order valence-electron chi connectivity index (χ1n) is 9.95. The number of benzene rings is 2. The molecular weight excluding hydrogens is 550 g/mol. The first kappa shape index (κ1) is 31.4. The van der Waals surface area contributed by atoms with Crippen LogP contribution < -0.4 is 0 Å². The third-order valence-corrected chi connectivity index (χ3v) is 5.80. The molecule has 0 aromatic heterocycles. The Morgan fingerprint density at radius 3 is 1.27 bits per heavy atom. The molecule has 2 aromatic rings. The number of aliphatic imine (C=N–C) groups is 2. The van der Waals surface area contributed by atoms with Gasteiger partial charge in [0.1, 0.15) is 0 Å². The van der Waals surface area contributed by atoms with Crippen LogP contribution in [0.3, 0.4) is 0 Å². The van der Waals surface area contributed by atoms with Crippen LogP contribution in [0.1, 0.15) is 50.7 Å². The average Bonchev–Trinajstić information content (AvgIpc) is 2.75. The summed E-state index contributed by atoms with van der Waals surface area (Å²) in [7, 11) is 0. The summed E-state index contributed by atoms with van der Waals surface area (Å²) in [5.41, 5.74) is 1.50.